The lowest BCUT2D eigenvalue weighted by Gasteiger charge is -2.11. The number of Topliss-reactive ketones (excluding diaryl/α,β-unsaturated/α-hetero) is 1. The molecule has 0 fully saturated rings. The zero-order valence-corrected chi connectivity index (χ0v) is 14.6. The monoisotopic (exact) mass is 376 g/mol. The van der Waals surface area contributed by atoms with Gasteiger partial charge in [-0.05, 0) is 54.0 Å². The Hall–Kier alpha value is -2.14. The summed E-state index contributed by atoms with van der Waals surface area (Å²) in [6.07, 6.45) is 0. The molecule has 0 aromatic heterocycles. The normalized spacial score (nSPS) is 10.2. The van der Waals surface area contributed by atoms with Gasteiger partial charge in [0.15, 0.2) is 5.78 Å². The molecule has 0 saturated carbocycles. The van der Waals surface area contributed by atoms with E-state index < -0.39 is 0 Å². The molecule has 2 aromatic rings. The maximum Gasteiger partial charge on any atom is 0.338 e. The van der Waals surface area contributed by atoms with Gasteiger partial charge in [-0.3, -0.25) is 4.79 Å². The molecule has 0 saturated heterocycles. The third-order valence-corrected chi connectivity index (χ3v) is 3.88. The maximum absolute atomic E-state index is 11.9. The minimum Gasteiger partial charge on any atom is -0.489 e. The van der Waals surface area contributed by atoms with Crippen LogP contribution >= 0.6 is 15.9 Å². The number of ether oxygens (including phenoxy) is 2. The molecule has 0 spiro atoms. The van der Waals surface area contributed by atoms with Gasteiger partial charge in [0.25, 0.3) is 0 Å². The Balaban J connectivity index is 2.14. The summed E-state index contributed by atoms with van der Waals surface area (Å²) < 4.78 is 11.5. The standard InChI is InChI=1S/C18H17BrO4/c1-3-22-18(21)16-7-5-4-6-13(16)11-23-14-8-9-15(12(2)20)17(19)10-14/h4-10H,3,11H2,1-2H3. The fraction of sp³-hybridized carbons (Fsp3) is 0.222. The van der Waals surface area contributed by atoms with Crippen LogP contribution in [0, 0.1) is 0 Å². The average molecular weight is 377 g/mol. The largest absolute Gasteiger partial charge is 0.489 e. The number of hydrogen-bond donors (Lipinski definition) is 0. The summed E-state index contributed by atoms with van der Waals surface area (Å²) in [5.74, 6) is 0.233. The van der Waals surface area contributed by atoms with E-state index in [1.165, 1.54) is 6.92 Å². The molecule has 0 unspecified atom stereocenters. The molecule has 0 heterocycles. The van der Waals surface area contributed by atoms with Crippen molar-refractivity contribution >= 4 is 27.7 Å². The Morgan fingerprint density at radius 3 is 2.48 bits per heavy atom. The van der Waals surface area contributed by atoms with Crippen LogP contribution in [0.2, 0.25) is 0 Å². The molecular formula is C18H17BrO4. The van der Waals surface area contributed by atoms with Gasteiger partial charge in [0.2, 0.25) is 0 Å². The van der Waals surface area contributed by atoms with Gasteiger partial charge in [-0.1, -0.05) is 18.2 Å². The quantitative estimate of drug-likeness (QED) is 0.553. The van der Waals surface area contributed by atoms with E-state index in [0.717, 1.165) is 5.56 Å². The smallest absolute Gasteiger partial charge is 0.338 e. The van der Waals surface area contributed by atoms with Gasteiger partial charge in [0, 0.05) is 15.6 Å². The second-order valence-electron chi connectivity index (χ2n) is 4.86. The number of esters is 1. The molecule has 0 amide bonds. The van der Waals surface area contributed by atoms with Gasteiger partial charge < -0.3 is 9.47 Å². The van der Waals surface area contributed by atoms with Crippen LogP contribution in [0.1, 0.15) is 40.1 Å². The highest BCUT2D eigenvalue weighted by Gasteiger charge is 2.12. The second-order valence-corrected chi connectivity index (χ2v) is 5.72. The Kier molecular flexibility index (Phi) is 5.93. The molecule has 2 rings (SSSR count). The molecule has 0 atom stereocenters. The zero-order chi connectivity index (χ0) is 16.8. The molecule has 0 N–H and O–H groups in total. The number of ketones is 1. The van der Waals surface area contributed by atoms with Crippen LogP contribution in [0.4, 0.5) is 0 Å². The minimum absolute atomic E-state index is 0.0175. The van der Waals surface area contributed by atoms with Crippen molar-refractivity contribution in [1.82, 2.24) is 0 Å². The van der Waals surface area contributed by atoms with Gasteiger partial charge in [-0.25, -0.2) is 4.79 Å². The van der Waals surface area contributed by atoms with Crippen LogP contribution in [-0.2, 0) is 11.3 Å². The molecule has 23 heavy (non-hydrogen) atoms. The van der Waals surface area contributed by atoms with Gasteiger partial charge in [-0.2, -0.15) is 0 Å². The summed E-state index contributed by atoms with van der Waals surface area (Å²) in [5.41, 5.74) is 1.84. The summed E-state index contributed by atoms with van der Waals surface area (Å²) in [4.78, 5) is 23.3. The Bertz CT molecular complexity index is 725. The molecular weight excluding hydrogens is 360 g/mol. The third kappa shape index (κ3) is 4.42. The molecule has 4 nitrogen and oxygen atoms in total. The lowest BCUT2D eigenvalue weighted by molar-refractivity contribution is 0.0523. The summed E-state index contributed by atoms with van der Waals surface area (Å²) >= 11 is 3.36. The van der Waals surface area contributed by atoms with Crippen molar-refractivity contribution in [2.45, 2.75) is 20.5 Å². The van der Waals surface area contributed by atoms with Crippen molar-refractivity contribution in [2.24, 2.45) is 0 Å². The highest BCUT2D eigenvalue weighted by molar-refractivity contribution is 9.10. The van der Waals surface area contributed by atoms with Gasteiger partial charge in [-0.15, -0.1) is 0 Å². The lowest BCUT2D eigenvalue weighted by Crippen LogP contribution is -2.09. The number of halogens is 1. The second kappa shape index (κ2) is 7.92. The van der Waals surface area contributed by atoms with Gasteiger partial charge in [0.1, 0.15) is 12.4 Å². The van der Waals surface area contributed by atoms with Crippen molar-refractivity contribution in [3.05, 3.63) is 63.6 Å². The van der Waals surface area contributed by atoms with Gasteiger partial charge in [0.05, 0.1) is 12.2 Å². The van der Waals surface area contributed by atoms with E-state index >= 15 is 0 Å². The minimum atomic E-state index is -0.361. The average Bonchev–Trinajstić information content (AvgIpc) is 2.53. The first-order valence-corrected chi connectivity index (χ1v) is 8.00. The number of benzene rings is 2. The van der Waals surface area contributed by atoms with Crippen molar-refractivity contribution in [3.8, 4) is 5.75 Å². The third-order valence-electron chi connectivity index (χ3n) is 3.23. The fourth-order valence-corrected chi connectivity index (χ4v) is 2.72. The fourth-order valence-electron chi connectivity index (χ4n) is 2.09. The highest BCUT2D eigenvalue weighted by Crippen LogP contribution is 2.24. The predicted octanol–water partition coefficient (Wildman–Crippen LogP) is 4.41. The van der Waals surface area contributed by atoms with Crippen LogP contribution in [0.15, 0.2) is 46.9 Å². The van der Waals surface area contributed by atoms with Gasteiger partial charge >= 0.3 is 5.97 Å². The number of rotatable bonds is 6. The first-order chi connectivity index (χ1) is 11.0. The number of hydrogen-bond acceptors (Lipinski definition) is 4. The predicted molar refractivity (Wildman–Crippen MR) is 90.9 cm³/mol. The number of carbonyl (C=O) groups is 2. The van der Waals surface area contributed by atoms with Crippen molar-refractivity contribution < 1.29 is 19.1 Å². The molecule has 0 aliphatic heterocycles. The zero-order valence-electron chi connectivity index (χ0n) is 13.0. The summed E-state index contributed by atoms with van der Waals surface area (Å²) in [5, 5.41) is 0. The van der Waals surface area contributed by atoms with E-state index in [1.807, 2.05) is 12.1 Å². The molecule has 0 radical (unpaired) electrons. The lowest BCUT2D eigenvalue weighted by atomic mass is 10.1. The highest BCUT2D eigenvalue weighted by atomic mass is 79.9. The summed E-state index contributed by atoms with van der Waals surface area (Å²) in [6, 6.07) is 12.3. The van der Waals surface area contributed by atoms with Crippen LogP contribution in [0.3, 0.4) is 0 Å². The molecule has 2 aromatic carbocycles. The first-order valence-electron chi connectivity index (χ1n) is 7.21. The van der Waals surface area contributed by atoms with E-state index in [1.54, 1.807) is 37.3 Å². The van der Waals surface area contributed by atoms with Crippen molar-refractivity contribution in [3.63, 3.8) is 0 Å². The van der Waals surface area contributed by atoms with Crippen molar-refractivity contribution in [2.75, 3.05) is 6.61 Å². The molecule has 5 heteroatoms. The molecule has 0 bridgehead atoms. The molecule has 0 aliphatic rings. The SMILES string of the molecule is CCOC(=O)c1ccccc1COc1ccc(C(C)=O)c(Br)c1. The molecule has 120 valence electrons. The summed E-state index contributed by atoms with van der Waals surface area (Å²) in [6.45, 7) is 3.84. The van der Waals surface area contributed by atoms with E-state index in [9.17, 15) is 9.59 Å². The topological polar surface area (TPSA) is 52.6 Å². The van der Waals surface area contributed by atoms with Crippen molar-refractivity contribution in [1.29, 1.82) is 0 Å². The summed E-state index contributed by atoms with van der Waals surface area (Å²) in [7, 11) is 0. The Morgan fingerprint density at radius 1 is 1.09 bits per heavy atom. The van der Waals surface area contributed by atoms with Crippen LogP contribution < -0.4 is 4.74 Å². The van der Waals surface area contributed by atoms with E-state index in [-0.39, 0.29) is 18.4 Å². The van der Waals surface area contributed by atoms with Crippen LogP contribution in [0.5, 0.6) is 5.75 Å². The van der Waals surface area contributed by atoms with E-state index in [0.29, 0.717) is 28.0 Å². The first kappa shape index (κ1) is 17.2. The van der Waals surface area contributed by atoms with E-state index in [2.05, 4.69) is 15.9 Å². The maximum atomic E-state index is 11.9. The van der Waals surface area contributed by atoms with E-state index in [4.69, 9.17) is 9.47 Å². The Labute approximate surface area is 143 Å². The Morgan fingerprint density at radius 2 is 1.83 bits per heavy atom. The van der Waals surface area contributed by atoms with Crippen LogP contribution in [0.25, 0.3) is 0 Å². The van der Waals surface area contributed by atoms with Crippen LogP contribution in [-0.4, -0.2) is 18.4 Å². The molecule has 0 aliphatic carbocycles. The number of carbonyl (C=O) groups excluding carboxylic acids is 2.